The largest absolute Gasteiger partial charge is 0.380 e. The lowest BCUT2D eigenvalue weighted by atomic mass is 9.64. The first-order chi connectivity index (χ1) is 15.5. The van der Waals surface area contributed by atoms with E-state index in [-0.39, 0.29) is 29.0 Å². The number of carbonyl (C=O) groups excluding carboxylic acids is 1. The molecule has 1 spiro atoms. The molecule has 3 aromatic heterocycles. The van der Waals surface area contributed by atoms with Gasteiger partial charge in [-0.3, -0.25) is 9.59 Å². The molecule has 10 nitrogen and oxygen atoms in total. The molecule has 1 saturated heterocycles. The number of pyridine rings is 1. The monoisotopic (exact) mass is 435 g/mol. The maximum Gasteiger partial charge on any atom is 0.274 e. The van der Waals surface area contributed by atoms with Gasteiger partial charge in [0.1, 0.15) is 22.9 Å². The van der Waals surface area contributed by atoms with Gasteiger partial charge in [0.05, 0.1) is 19.4 Å². The molecule has 3 aromatic rings. The van der Waals surface area contributed by atoms with Crippen LogP contribution < -0.4 is 21.5 Å². The molecule has 32 heavy (non-hydrogen) atoms. The van der Waals surface area contributed by atoms with Crippen LogP contribution in [0.1, 0.15) is 42.1 Å². The van der Waals surface area contributed by atoms with Crippen molar-refractivity contribution in [3.8, 4) is 0 Å². The van der Waals surface area contributed by atoms with Crippen LogP contribution in [0.25, 0.3) is 5.65 Å². The molecular formula is C22H25N7O3. The summed E-state index contributed by atoms with van der Waals surface area (Å²) in [6.07, 6.45) is 7.32. The zero-order valence-corrected chi connectivity index (χ0v) is 17.8. The third-order valence-electron chi connectivity index (χ3n) is 6.67. The van der Waals surface area contributed by atoms with Crippen LogP contribution in [0.5, 0.6) is 0 Å². The molecule has 0 aromatic carbocycles. The highest BCUT2D eigenvalue weighted by atomic mass is 16.5. The van der Waals surface area contributed by atoms with E-state index in [0.717, 1.165) is 38.9 Å². The first-order valence-corrected chi connectivity index (χ1v) is 11.0. The Hall–Kier alpha value is -3.40. The van der Waals surface area contributed by atoms with Crippen molar-refractivity contribution in [1.82, 2.24) is 24.5 Å². The maximum absolute atomic E-state index is 13.1. The Kier molecular flexibility index (Phi) is 4.26. The van der Waals surface area contributed by atoms with Crippen molar-refractivity contribution >= 4 is 28.9 Å². The third kappa shape index (κ3) is 3.13. The summed E-state index contributed by atoms with van der Waals surface area (Å²) in [6, 6.07) is 5.83. The van der Waals surface area contributed by atoms with E-state index in [1.54, 1.807) is 28.3 Å². The SMILES string of the molecule is CNc1cc(Nc2cccn(C3CC4(COC4)C3)c2=O)nc2c(C(=O)NC3CC3)cnn12. The molecule has 3 aliphatic rings. The van der Waals surface area contributed by atoms with Gasteiger partial charge in [0.25, 0.3) is 11.5 Å². The van der Waals surface area contributed by atoms with Crippen molar-refractivity contribution in [2.45, 2.75) is 37.8 Å². The molecule has 2 aliphatic carbocycles. The Morgan fingerprint density at radius 3 is 2.78 bits per heavy atom. The van der Waals surface area contributed by atoms with E-state index < -0.39 is 0 Å². The van der Waals surface area contributed by atoms with Crippen LogP contribution in [0, 0.1) is 5.41 Å². The number of hydrogen-bond acceptors (Lipinski definition) is 7. The quantitative estimate of drug-likeness (QED) is 0.542. The molecule has 0 atom stereocenters. The minimum Gasteiger partial charge on any atom is -0.380 e. The molecule has 166 valence electrons. The predicted octanol–water partition coefficient (Wildman–Crippen LogP) is 1.92. The van der Waals surface area contributed by atoms with Crippen LogP contribution in [-0.4, -0.2) is 51.4 Å². The van der Waals surface area contributed by atoms with Gasteiger partial charge in [-0.25, -0.2) is 4.98 Å². The van der Waals surface area contributed by atoms with Gasteiger partial charge in [-0.1, -0.05) is 0 Å². The number of aromatic nitrogens is 4. The summed E-state index contributed by atoms with van der Waals surface area (Å²) in [7, 11) is 1.77. The molecule has 0 unspecified atom stereocenters. The maximum atomic E-state index is 13.1. The number of amides is 1. The van der Waals surface area contributed by atoms with E-state index in [1.165, 1.54) is 6.20 Å². The molecule has 1 aliphatic heterocycles. The smallest absolute Gasteiger partial charge is 0.274 e. The summed E-state index contributed by atoms with van der Waals surface area (Å²) in [4.78, 5) is 30.4. The summed E-state index contributed by atoms with van der Waals surface area (Å²) >= 11 is 0. The molecule has 3 fully saturated rings. The van der Waals surface area contributed by atoms with Crippen molar-refractivity contribution in [2.24, 2.45) is 5.41 Å². The van der Waals surface area contributed by atoms with Crippen LogP contribution in [0.4, 0.5) is 17.3 Å². The molecule has 6 rings (SSSR count). The second kappa shape index (κ2) is 7.06. The topological polar surface area (TPSA) is 115 Å². The van der Waals surface area contributed by atoms with Crippen LogP contribution in [0.2, 0.25) is 0 Å². The van der Waals surface area contributed by atoms with Crippen LogP contribution >= 0.6 is 0 Å². The number of carbonyl (C=O) groups is 1. The Labute approximate surface area is 184 Å². The number of ether oxygens (including phenoxy) is 1. The van der Waals surface area contributed by atoms with E-state index in [1.807, 2.05) is 12.3 Å². The summed E-state index contributed by atoms with van der Waals surface area (Å²) in [5, 5.41) is 13.5. The highest BCUT2D eigenvalue weighted by molar-refractivity contribution is 6.00. The van der Waals surface area contributed by atoms with Gasteiger partial charge in [0.15, 0.2) is 5.65 Å². The fourth-order valence-electron chi connectivity index (χ4n) is 4.65. The van der Waals surface area contributed by atoms with Gasteiger partial charge < -0.3 is 25.3 Å². The second-order valence-electron chi connectivity index (χ2n) is 9.13. The average molecular weight is 435 g/mol. The first-order valence-electron chi connectivity index (χ1n) is 11.0. The van der Waals surface area contributed by atoms with Gasteiger partial charge in [-0.15, -0.1) is 0 Å². The van der Waals surface area contributed by atoms with Crippen LogP contribution in [0.15, 0.2) is 35.4 Å². The standard InChI is InChI=1S/C22H25N7O3/c1-23-18-7-17(27-19-15(10-24-29(18)19)20(30)25-13-4-5-13)26-16-3-2-6-28(21(16)31)14-8-22(9-14)11-32-12-22/h2-3,6-7,10,13-14,23H,4-5,8-9,11-12H2,1H3,(H,25,30)(H,26,27). The molecule has 3 N–H and O–H groups in total. The summed E-state index contributed by atoms with van der Waals surface area (Å²) in [5.74, 6) is 0.940. The number of fused-ring (bicyclic) bond motifs is 1. The Morgan fingerprint density at radius 2 is 2.09 bits per heavy atom. The Balaban J connectivity index is 1.31. The molecule has 10 heteroatoms. The lowest BCUT2D eigenvalue weighted by molar-refractivity contribution is -0.174. The molecule has 0 bridgehead atoms. The van der Waals surface area contributed by atoms with Crippen molar-refractivity contribution in [3.05, 3.63) is 46.5 Å². The predicted molar refractivity (Wildman–Crippen MR) is 119 cm³/mol. The van der Waals surface area contributed by atoms with Crippen LogP contribution in [0.3, 0.4) is 0 Å². The summed E-state index contributed by atoms with van der Waals surface area (Å²) < 4.78 is 8.74. The number of anilines is 3. The van der Waals surface area contributed by atoms with Gasteiger partial charge in [0.2, 0.25) is 0 Å². The van der Waals surface area contributed by atoms with Crippen molar-refractivity contribution in [3.63, 3.8) is 0 Å². The average Bonchev–Trinajstić information content (AvgIpc) is 3.43. The van der Waals surface area contributed by atoms with E-state index in [2.05, 4.69) is 26.0 Å². The normalized spacial score (nSPS) is 19.4. The molecular weight excluding hydrogens is 410 g/mol. The zero-order chi connectivity index (χ0) is 21.9. The van der Waals surface area contributed by atoms with E-state index in [4.69, 9.17) is 4.74 Å². The lowest BCUT2D eigenvalue weighted by Gasteiger charge is -2.53. The third-order valence-corrected chi connectivity index (χ3v) is 6.67. The Bertz CT molecular complexity index is 1260. The fraction of sp³-hybridized carbons (Fsp3) is 0.455. The number of nitrogens with one attached hydrogen (secondary N) is 3. The van der Waals surface area contributed by atoms with Gasteiger partial charge in [-0.2, -0.15) is 9.61 Å². The molecule has 2 saturated carbocycles. The Morgan fingerprint density at radius 1 is 1.28 bits per heavy atom. The van der Waals surface area contributed by atoms with Crippen molar-refractivity contribution in [2.75, 3.05) is 30.9 Å². The number of nitrogens with zero attached hydrogens (tertiary/aromatic N) is 4. The molecule has 0 radical (unpaired) electrons. The second-order valence-corrected chi connectivity index (χ2v) is 9.13. The summed E-state index contributed by atoms with van der Waals surface area (Å²) in [6.45, 7) is 1.60. The fourth-order valence-corrected chi connectivity index (χ4v) is 4.65. The van der Waals surface area contributed by atoms with E-state index in [0.29, 0.717) is 28.5 Å². The molecule has 1 amide bonds. The van der Waals surface area contributed by atoms with Gasteiger partial charge in [-0.05, 0) is 37.8 Å². The number of rotatable bonds is 6. The van der Waals surface area contributed by atoms with E-state index >= 15 is 0 Å². The van der Waals surface area contributed by atoms with Gasteiger partial charge >= 0.3 is 0 Å². The van der Waals surface area contributed by atoms with Gasteiger partial charge in [0, 0.05) is 36.8 Å². The first kappa shape index (κ1) is 19.3. The van der Waals surface area contributed by atoms with Crippen molar-refractivity contribution < 1.29 is 9.53 Å². The van der Waals surface area contributed by atoms with E-state index in [9.17, 15) is 9.59 Å². The highest BCUT2D eigenvalue weighted by Crippen LogP contribution is 2.52. The van der Waals surface area contributed by atoms with Crippen molar-refractivity contribution in [1.29, 1.82) is 0 Å². The lowest BCUT2D eigenvalue weighted by Crippen LogP contribution is -2.53. The zero-order valence-electron chi connectivity index (χ0n) is 17.8. The van der Waals surface area contributed by atoms with Crippen LogP contribution in [-0.2, 0) is 4.74 Å². The minimum absolute atomic E-state index is 0.0829. The summed E-state index contributed by atoms with van der Waals surface area (Å²) in [5.41, 5.74) is 1.48. The molecule has 4 heterocycles. The number of hydrogen-bond donors (Lipinski definition) is 3. The minimum atomic E-state index is -0.185. The highest BCUT2D eigenvalue weighted by Gasteiger charge is 2.50.